The molecule has 0 spiro atoms. The van der Waals surface area contributed by atoms with E-state index in [9.17, 15) is 5.11 Å². The molecule has 1 rings (SSSR count). The second-order valence-corrected chi connectivity index (χ2v) is 2.75. The molecular weight excluding hydrogens is 182 g/mol. The van der Waals surface area contributed by atoms with Crippen molar-refractivity contribution in [3.63, 3.8) is 0 Å². The van der Waals surface area contributed by atoms with Gasteiger partial charge in [0.15, 0.2) is 6.10 Å². The van der Waals surface area contributed by atoms with Crippen LogP contribution in [-0.2, 0) is 0 Å². The second-order valence-electron chi connectivity index (χ2n) is 2.75. The van der Waals surface area contributed by atoms with Gasteiger partial charge in [0, 0.05) is 5.56 Å². The van der Waals surface area contributed by atoms with Gasteiger partial charge in [-0.2, -0.15) is 5.26 Å². The van der Waals surface area contributed by atoms with Crippen LogP contribution >= 0.6 is 0 Å². The van der Waals surface area contributed by atoms with Crippen molar-refractivity contribution in [3.05, 3.63) is 29.8 Å². The monoisotopic (exact) mass is 193 g/mol. The van der Waals surface area contributed by atoms with E-state index in [-0.39, 0.29) is 0 Å². The molecular formula is C9H11N3O2. The van der Waals surface area contributed by atoms with Crippen molar-refractivity contribution < 1.29 is 10.2 Å². The number of nitrogens with one attached hydrogen (secondary N) is 1. The van der Waals surface area contributed by atoms with E-state index < -0.39 is 12.2 Å². The number of aliphatic hydroxyl groups excluding tert-OH is 2. The highest BCUT2D eigenvalue weighted by Gasteiger charge is 2.19. The first-order valence-corrected chi connectivity index (χ1v) is 4.02. The Hall–Kier alpha value is -1.61. The first-order chi connectivity index (χ1) is 6.70. The van der Waals surface area contributed by atoms with E-state index in [4.69, 9.17) is 16.2 Å². The van der Waals surface area contributed by atoms with Crippen LogP contribution in [0.5, 0.6) is 0 Å². The van der Waals surface area contributed by atoms with Crippen LogP contribution in [0.4, 0.5) is 5.69 Å². The standard InChI is InChI=1S/C9H11N3O2/c10-5-8(13)9(14)6-3-1-2-4-7(6)12-11/h1-4,8-9,12-14H,11H2. The molecule has 0 aliphatic heterocycles. The van der Waals surface area contributed by atoms with E-state index >= 15 is 0 Å². The molecule has 0 saturated carbocycles. The smallest absolute Gasteiger partial charge is 0.170 e. The van der Waals surface area contributed by atoms with E-state index in [0.717, 1.165) is 0 Å². The maximum atomic E-state index is 9.53. The largest absolute Gasteiger partial charge is 0.384 e. The van der Waals surface area contributed by atoms with Crippen LogP contribution in [-0.4, -0.2) is 16.3 Å². The van der Waals surface area contributed by atoms with Gasteiger partial charge in [-0.25, -0.2) is 0 Å². The van der Waals surface area contributed by atoms with E-state index in [1.807, 2.05) is 0 Å². The first kappa shape index (κ1) is 10.5. The number of hydrogen-bond donors (Lipinski definition) is 4. The molecule has 5 nitrogen and oxygen atoms in total. The zero-order chi connectivity index (χ0) is 10.6. The Balaban J connectivity index is 3.00. The molecule has 0 amide bonds. The fraction of sp³-hybridized carbons (Fsp3) is 0.222. The Bertz CT molecular complexity index is 348. The van der Waals surface area contributed by atoms with Crippen LogP contribution < -0.4 is 11.3 Å². The second kappa shape index (κ2) is 4.58. The number of hydrogen-bond acceptors (Lipinski definition) is 5. The highest BCUT2D eigenvalue weighted by atomic mass is 16.3. The van der Waals surface area contributed by atoms with Crippen molar-refractivity contribution in [2.75, 3.05) is 5.43 Å². The number of anilines is 1. The molecule has 74 valence electrons. The third-order valence-electron chi connectivity index (χ3n) is 1.87. The lowest BCUT2D eigenvalue weighted by Crippen LogP contribution is -2.19. The van der Waals surface area contributed by atoms with Crippen LogP contribution in [0.2, 0.25) is 0 Å². The molecule has 0 fully saturated rings. The minimum Gasteiger partial charge on any atom is -0.384 e. The summed E-state index contributed by atoms with van der Waals surface area (Å²) in [5.41, 5.74) is 3.25. The quantitative estimate of drug-likeness (QED) is 0.305. The SMILES string of the molecule is N#CC(O)C(O)c1ccccc1NN. The normalized spacial score (nSPS) is 14.1. The van der Waals surface area contributed by atoms with E-state index in [1.165, 1.54) is 0 Å². The molecule has 0 aliphatic rings. The summed E-state index contributed by atoms with van der Waals surface area (Å²) in [6, 6.07) is 8.19. The minimum absolute atomic E-state index is 0.393. The number of nitrogen functional groups attached to an aromatic ring is 1. The molecule has 0 heterocycles. The number of benzene rings is 1. The molecule has 2 unspecified atom stereocenters. The van der Waals surface area contributed by atoms with E-state index in [0.29, 0.717) is 11.3 Å². The summed E-state index contributed by atoms with van der Waals surface area (Å²) in [5.74, 6) is 5.20. The van der Waals surface area contributed by atoms with Crippen molar-refractivity contribution in [1.82, 2.24) is 0 Å². The molecule has 5 N–H and O–H groups in total. The highest BCUT2D eigenvalue weighted by Crippen LogP contribution is 2.23. The van der Waals surface area contributed by atoms with Gasteiger partial charge in [-0.05, 0) is 6.07 Å². The molecule has 0 radical (unpaired) electrons. The Morgan fingerprint density at radius 3 is 2.57 bits per heavy atom. The molecule has 1 aromatic carbocycles. The maximum absolute atomic E-state index is 9.53. The number of hydrazine groups is 1. The molecule has 14 heavy (non-hydrogen) atoms. The highest BCUT2D eigenvalue weighted by molar-refractivity contribution is 5.51. The molecule has 2 atom stereocenters. The van der Waals surface area contributed by atoms with Gasteiger partial charge < -0.3 is 15.6 Å². The van der Waals surface area contributed by atoms with Crippen LogP contribution in [0, 0.1) is 11.3 Å². The van der Waals surface area contributed by atoms with Crippen LogP contribution in [0.25, 0.3) is 0 Å². The molecule has 0 bridgehead atoms. The zero-order valence-corrected chi connectivity index (χ0v) is 7.38. The third-order valence-corrected chi connectivity index (χ3v) is 1.87. The zero-order valence-electron chi connectivity index (χ0n) is 7.38. The molecule has 0 aliphatic carbocycles. The predicted molar refractivity (Wildman–Crippen MR) is 50.8 cm³/mol. The van der Waals surface area contributed by atoms with Crippen molar-refractivity contribution in [3.8, 4) is 6.07 Å². The summed E-state index contributed by atoms with van der Waals surface area (Å²) in [7, 11) is 0. The lowest BCUT2D eigenvalue weighted by atomic mass is 10.0. The summed E-state index contributed by atoms with van der Waals surface area (Å²) in [6.45, 7) is 0. The summed E-state index contributed by atoms with van der Waals surface area (Å²) < 4.78 is 0. The lowest BCUT2D eigenvalue weighted by molar-refractivity contribution is 0.0532. The molecule has 1 aromatic rings. The van der Waals surface area contributed by atoms with Crippen molar-refractivity contribution in [2.45, 2.75) is 12.2 Å². The van der Waals surface area contributed by atoms with Crippen molar-refractivity contribution in [2.24, 2.45) is 5.84 Å². The summed E-state index contributed by atoms with van der Waals surface area (Å²) in [5, 5.41) is 27.1. The minimum atomic E-state index is -1.45. The molecule has 0 saturated heterocycles. The summed E-state index contributed by atoms with van der Waals surface area (Å²) in [6.07, 6.45) is -2.71. The number of para-hydroxylation sites is 1. The van der Waals surface area contributed by atoms with Crippen LogP contribution in [0.1, 0.15) is 11.7 Å². The topological polar surface area (TPSA) is 102 Å². The Kier molecular flexibility index (Phi) is 3.42. The van der Waals surface area contributed by atoms with Gasteiger partial charge in [-0.3, -0.25) is 5.84 Å². The van der Waals surface area contributed by atoms with Gasteiger partial charge in [-0.15, -0.1) is 0 Å². The van der Waals surface area contributed by atoms with Gasteiger partial charge in [0.05, 0.1) is 11.8 Å². The van der Waals surface area contributed by atoms with Gasteiger partial charge in [0.1, 0.15) is 6.10 Å². The Labute approximate surface area is 81.4 Å². The number of nitriles is 1. The fourth-order valence-corrected chi connectivity index (χ4v) is 1.13. The Morgan fingerprint density at radius 2 is 2.00 bits per heavy atom. The van der Waals surface area contributed by atoms with Gasteiger partial charge in [-0.1, -0.05) is 18.2 Å². The molecule has 0 aromatic heterocycles. The molecule has 5 heteroatoms. The maximum Gasteiger partial charge on any atom is 0.170 e. The predicted octanol–water partition coefficient (Wildman–Crippen LogP) is -0.110. The van der Waals surface area contributed by atoms with Crippen LogP contribution in [0.15, 0.2) is 24.3 Å². The number of aliphatic hydroxyl groups is 2. The van der Waals surface area contributed by atoms with Gasteiger partial charge >= 0.3 is 0 Å². The number of nitrogens with zero attached hydrogens (tertiary/aromatic N) is 1. The van der Waals surface area contributed by atoms with Crippen molar-refractivity contribution in [1.29, 1.82) is 5.26 Å². The first-order valence-electron chi connectivity index (χ1n) is 4.02. The van der Waals surface area contributed by atoms with Crippen LogP contribution in [0.3, 0.4) is 0 Å². The number of rotatable bonds is 3. The van der Waals surface area contributed by atoms with Crippen molar-refractivity contribution >= 4 is 5.69 Å². The fourth-order valence-electron chi connectivity index (χ4n) is 1.13. The summed E-state index contributed by atoms with van der Waals surface area (Å²) in [4.78, 5) is 0. The van der Waals surface area contributed by atoms with E-state index in [2.05, 4.69) is 5.43 Å². The van der Waals surface area contributed by atoms with Gasteiger partial charge in [0.25, 0.3) is 0 Å². The average Bonchev–Trinajstić information content (AvgIpc) is 2.26. The average molecular weight is 193 g/mol. The lowest BCUT2D eigenvalue weighted by Gasteiger charge is -2.15. The van der Waals surface area contributed by atoms with Gasteiger partial charge in [0.2, 0.25) is 0 Å². The van der Waals surface area contributed by atoms with E-state index in [1.54, 1.807) is 30.3 Å². The summed E-state index contributed by atoms with van der Waals surface area (Å²) >= 11 is 0. The third kappa shape index (κ3) is 2.00. The number of nitrogens with two attached hydrogens (primary N) is 1. The Morgan fingerprint density at radius 1 is 1.36 bits per heavy atom.